The molecule has 1 saturated heterocycles. The van der Waals surface area contributed by atoms with Gasteiger partial charge < -0.3 is 20.0 Å². The number of amides is 1. The van der Waals surface area contributed by atoms with Gasteiger partial charge in [0.2, 0.25) is 15.7 Å². The van der Waals surface area contributed by atoms with Crippen LogP contribution >= 0.6 is 0 Å². The molecule has 34 heavy (non-hydrogen) atoms. The first kappa shape index (κ1) is 25.6. The van der Waals surface area contributed by atoms with E-state index in [1.165, 1.54) is 36.4 Å². The standard InChI is InChI=1S/C22H26FN3O7S/c1-21(2,3)33-20(29)25-12-13-26(22(14-25,24-30)19(27)28)34(31,32)18-10-6-16(7-11-18)15-4-8-17(23)9-5-15/h4-11,24,30H,12-14H2,1-3H3,(H,27,28)/t22-/m1/s1. The average molecular weight is 496 g/mol. The topological polar surface area (TPSA) is 136 Å². The van der Waals surface area contributed by atoms with E-state index in [1.807, 2.05) is 0 Å². The van der Waals surface area contributed by atoms with E-state index in [9.17, 15) is 32.7 Å². The molecule has 0 spiro atoms. The number of hydroxylamine groups is 1. The minimum absolute atomic E-state index is 0.154. The van der Waals surface area contributed by atoms with Crippen molar-refractivity contribution >= 4 is 22.1 Å². The van der Waals surface area contributed by atoms with Gasteiger partial charge >= 0.3 is 12.1 Å². The van der Waals surface area contributed by atoms with Crippen LogP contribution in [0.2, 0.25) is 0 Å². The number of sulfonamides is 1. The lowest BCUT2D eigenvalue weighted by molar-refractivity contribution is -0.163. The largest absolute Gasteiger partial charge is 0.479 e. The molecule has 10 nitrogen and oxygen atoms in total. The van der Waals surface area contributed by atoms with Crippen molar-refractivity contribution in [2.45, 2.75) is 36.9 Å². The van der Waals surface area contributed by atoms with E-state index in [0.717, 1.165) is 4.90 Å². The van der Waals surface area contributed by atoms with Gasteiger partial charge in [-0.25, -0.2) is 22.4 Å². The lowest BCUT2D eigenvalue weighted by atomic mass is 10.1. The van der Waals surface area contributed by atoms with E-state index in [1.54, 1.807) is 38.4 Å². The zero-order valence-corrected chi connectivity index (χ0v) is 19.7. The van der Waals surface area contributed by atoms with Crippen LogP contribution in [0.1, 0.15) is 20.8 Å². The van der Waals surface area contributed by atoms with Crippen molar-refractivity contribution < 1.29 is 37.4 Å². The Balaban J connectivity index is 1.92. The maximum Gasteiger partial charge on any atom is 0.410 e. The van der Waals surface area contributed by atoms with Gasteiger partial charge in [-0.15, -0.1) is 0 Å². The van der Waals surface area contributed by atoms with Gasteiger partial charge in [0.05, 0.1) is 11.4 Å². The van der Waals surface area contributed by atoms with Gasteiger partial charge in [-0.2, -0.15) is 9.79 Å². The lowest BCUT2D eigenvalue weighted by Gasteiger charge is -2.45. The van der Waals surface area contributed by atoms with Crippen molar-refractivity contribution in [3.63, 3.8) is 0 Å². The number of carboxylic acids is 1. The molecule has 1 aliphatic heterocycles. The Morgan fingerprint density at radius 2 is 1.56 bits per heavy atom. The third-order valence-corrected chi connectivity index (χ3v) is 7.17. The number of piperazine rings is 1. The van der Waals surface area contributed by atoms with Gasteiger partial charge in [0.1, 0.15) is 11.4 Å². The molecule has 0 aromatic heterocycles. The highest BCUT2D eigenvalue weighted by Crippen LogP contribution is 2.30. The molecule has 0 saturated carbocycles. The maximum absolute atomic E-state index is 13.4. The predicted molar refractivity (Wildman–Crippen MR) is 119 cm³/mol. The molecular weight excluding hydrogens is 469 g/mol. The Kier molecular flexibility index (Phi) is 6.99. The molecule has 3 N–H and O–H groups in total. The van der Waals surface area contributed by atoms with Crippen molar-refractivity contribution in [3.8, 4) is 11.1 Å². The number of halogens is 1. The van der Waals surface area contributed by atoms with E-state index in [0.29, 0.717) is 15.4 Å². The third kappa shape index (κ3) is 5.04. The molecule has 3 rings (SSSR count). The van der Waals surface area contributed by atoms with Crippen LogP contribution in [-0.4, -0.2) is 70.9 Å². The normalized spacial score (nSPS) is 19.6. The number of nitrogens with one attached hydrogen (secondary N) is 1. The van der Waals surface area contributed by atoms with Gasteiger partial charge in [-0.3, -0.25) is 0 Å². The Morgan fingerprint density at radius 3 is 2.03 bits per heavy atom. The van der Waals surface area contributed by atoms with Crippen molar-refractivity contribution in [2.24, 2.45) is 0 Å². The number of nitrogens with zero attached hydrogens (tertiary/aromatic N) is 2. The molecule has 0 radical (unpaired) electrons. The van der Waals surface area contributed by atoms with Crippen molar-refractivity contribution in [3.05, 3.63) is 54.3 Å². The molecule has 2 aromatic carbocycles. The van der Waals surface area contributed by atoms with E-state index >= 15 is 0 Å². The van der Waals surface area contributed by atoms with Gasteiger partial charge in [0, 0.05) is 13.1 Å². The highest BCUT2D eigenvalue weighted by molar-refractivity contribution is 7.89. The number of hydrogen-bond donors (Lipinski definition) is 3. The highest BCUT2D eigenvalue weighted by Gasteiger charge is 2.55. The van der Waals surface area contributed by atoms with Crippen LogP contribution in [-0.2, 0) is 19.6 Å². The summed E-state index contributed by atoms with van der Waals surface area (Å²) in [5.74, 6) is -2.11. The molecular formula is C22H26FN3O7S. The minimum atomic E-state index is -4.43. The van der Waals surface area contributed by atoms with Gasteiger partial charge in [0.25, 0.3) is 0 Å². The molecule has 0 unspecified atom stereocenters. The van der Waals surface area contributed by atoms with Gasteiger partial charge in [-0.1, -0.05) is 24.3 Å². The number of benzene rings is 2. The van der Waals surface area contributed by atoms with E-state index in [4.69, 9.17) is 4.74 Å². The summed E-state index contributed by atoms with van der Waals surface area (Å²) in [6, 6.07) is 11.2. The summed E-state index contributed by atoms with van der Waals surface area (Å²) in [5, 5.41) is 19.7. The second-order valence-electron chi connectivity index (χ2n) is 8.79. The molecule has 1 fully saturated rings. The van der Waals surface area contributed by atoms with E-state index in [2.05, 4.69) is 0 Å². The van der Waals surface area contributed by atoms with Crippen LogP contribution in [0, 0.1) is 5.82 Å². The number of rotatable bonds is 5. The Hall–Kier alpha value is -3.06. The maximum atomic E-state index is 13.4. The molecule has 0 aliphatic carbocycles. The monoisotopic (exact) mass is 495 g/mol. The second kappa shape index (κ2) is 9.29. The molecule has 184 valence electrons. The Bertz CT molecular complexity index is 1160. The number of aliphatic carboxylic acids is 1. The summed E-state index contributed by atoms with van der Waals surface area (Å²) in [6.45, 7) is 3.64. The summed E-state index contributed by atoms with van der Waals surface area (Å²) < 4.78 is 45.8. The zero-order chi connectivity index (χ0) is 25.3. The van der Waals surface area contributed by atoms with Crippen molar-refractivity contribution in [1.82, 2.24) is 14.7 Å². The van der Waals surface area contributed by atoms with Crippen LogP contribution in [0.4, 0.5) is 9.18 Å². The van der Waals surface area contributed by atoms with Crippen LogP contribution < -0.4 is 5.48 Å². The molecule has 12 heteroatoms. The number of ether oxygens (including phenoxy) is 1. The quantitative estimate of drug-likeness (QED) is 0.538. The molecule has 1 heterocycles. The minimum Gasteiger partial charge on any atom is -0.479 e. The van der Waals surface area contributed by atoms with E-state index < -0.39 is 52.3 Å². The molecule has 1 atom stereocenters. The fraction of sp³-hybridized carbons (Fsp3) is 0.364. The average Bonchev–Trinajstić information content (AvgIpc) is 2.78. The van der Waals surface area contributed by atoms with Crippen LogP contribution in [0.3, 0.4) is 0 Å². The molecule has 1 aliphatic rings. The second-order valence-corrected chi connectivity index (χ2v) is 10.6. The van der Waals surface area contributed by atoms with Crippen LogP contribution in [0.25, 0.3) is 11.1 Å². The fourth-order valence-electron chi connectivity index (χ4n) is 3.55. The summed E-state index contributed by atoms with van der Waals surface area (Å²) >= 11 is 0. The van der Waals surface area contributed by atoms with E-state index in [-0.39, 0.29) is 11.4 Å². The Labute approximate surface area is 196 Å². The summed E-state index contributed by atoms with van der Waals surface area (Å²) in [5.41, 5.74) is -0.515. The number of carbonyl (C=O) groups excluding carboxylic acids is 1. The third-order valence-electron chi connectivity index (χ3n) is 5.23. The first-order chi connectivity index (χ1) is 15.8. The SMILES string of the molecule is CC(C)(C)OC(=O)N1CCN(S(=O)(=O)c2ccc(-c3ccc(F)cc3)cc2)[C@@](NO)(C(=O)O)C1. The summed E-state index contributed by atoms with van der Waals surface area (Å²) in [6.07, 6.45) is -0.839. The fourth-order valence-corrected chi connectivity index (χ4v) is 5.19. The van der Waals surface area contributed by atoms with Crippen molar-refractivity contribution in [1.29, 1.82) is 0 Å². The molecule has 0 bridgehead atoms. The number of carbonyl (C=O) groups is 2. The van der Waals surface area contributed by atoms with Gasteiger partial charge in [0.15, 0.2) is 0 Å². The zero-order valence-electron chi connectivity index (χ0n) is 18.9. The predicted octanol–water partition coefficient (Wildman–Crippen LogP) is 2.49. The lowest BCUT2D eigenvalue weighted by Crippen LogP contribution is -2.74. The molecule has 1 amide bonds. The highest BCUT2D eigenvalue weighted by atomic mass is 32.2. The summed E-state index contributed by atoms with van der Waals surface area (Å²) in [7, 11) is -4.43. The van der Waals surface area contributed by atoms with Crippen LogP contribution in [0.5, 0.6) is 0 Å². The van der Waals surface area contributed by atoms with Gasteiger partial charge in [-0.05, 0) is 56.2 Å². The number of carboxylic acid groups (broad SMARTS) is 1. The van der Waals surface area contributed by atoms with Crippen molar-refractivity contribution in [2.75, 3.05) is 19.6 Å². The number of hydrogen-bond acceptors (Lipinski definition) is 7. The summed E-state index contributed by atoms with van der Waals surface area (Å²) in [4.78, 5) is 25.4. The first-order valence-corrected chi connectivity index (χ1v) is 11.8. The molecule has 2 aromatic rings. The Morgan fingerprint density at radius 1 is 1.03 bits per heavy atom. The van der Waals surface area contributed by atoms with Crippen LogP contribution in [0.15, 0.2) is 53.4 Å². The first-order valence-electron chi connectivity index (χ1n) is 10.3. The smallest absolute Gasteiger partial charge is 0.410 e.